The number of nitrogens with one attached hydrogen (secondary N) is 1. The summed E-state index contributed by atoms with van der Waals surface area (Å²) >= 11 is 0. The van der Waals surface area contributed by atoms with Crippen LogP contribution in [0.5, 0.6) is 0 Å². The van der Waals surface area contributed by atoms with Crippen molar-refractivity contribution in [1.29, 1.82) is 0 Å². The second-order valence-electron chi connectivity index (χ2n) is 8.42. The van der Waals surface area contributed by atoms with E-state index in [0.717, 1.165) is 43.1 Å². The van der Waals surface area contributed by atoms with Crippen molar-refractivity contribution in [2.45, 2.75) is 40.5 Å². The first-order valence-corrected chi connectivity index (χ1v) is 10.7. The summed E-state index contributed by atoms with van der Waals surface area (Å²) in [6.07, 6.45) is 3.51. The van der Waals surface area contributed by atoms with E-state index in [1.54, 1.807) is 0 Å². The van der Waals surface area contributed by atoms with Crippen LogP contribution in [0.2, 0.25) is 0 Å². The van der Waals surface area contributed by atoms with Crippen LogP contribution in [-0.2, 0) is 4.79 Å². The van der Waals surface area contributed by atoms with Gasteiger partial charge in [-0.3, -0.25) is 4.79 Å². The molecule has 0 unspecified atom stereocenters. The molecule has 2 aromatic heterocycles. The highest BCUT2D eigenvalue weighted by Crippen LogP contribution is 2.29. The Hall–Kier alpha value is -3.08. The fourth-order valence-electron chi connectivity index (χ4n) is 4.50. The topological polar surface area (TPSA) is 50.2 Å². The fraction of sp³-hybridized carbons (Fsp3) is 0.360. The molecule has 30 heavy (non-hydrogen) atoms. The fourth-order valence-corrected chi connectivity index (χ4v) is 4.50. The Kier molecular flexibility index (Phi) is 5.62. The molecule has 4 rings (SSSR count). The molecule has 5 nitrogen and oxygen atoms in total. The average molecular weight is 403 g/mol. The molecule has 0 radical (unpaired) electrons. The summed E-state index contributed by atoms with van der Waals surface area (Å²) in [6.45, 7) is 10.0. The number of piperidine rings is 1. The molecule has 0 aliphatic carbocycles. The molecule has 1 fully saturated rings. The van der Waals surface area contributed by atoms with Gasteiger partial charge in [0.05, 0.1) is 5.69 Å². The molecule has 5 heteroatoms. The van der Waals surface area contributed by atoms with Gasteiger partial charge in [0.15, 0.2) is 5.82 Å². The zero-order chi connectivity index (χ0) is 21.3. The molecule has 1 aliphatic rings. The highest BCUT2D eigenvalue weighted by Gasteiger charge is 2.27. The second kappa shape index (κ2) is 8.34. The smallest absolute Gasteiger partial charge is 0.227 e. The van der Waals surface area contributed by atoms with Crippen molar-refractivity contribution in [3.05, 3.63) is 71.2 Å². The van der Waals surface area contributed by atoms with Gasteiger partial charge in [-0.25, -0.2) is 4.98 Å². The van der Waals surface area contributed by atoms with Crippen molar-refractivity contribution < 1.29 is 4.79 Å². The van der Waals surface area contributed by atoms with Crippen LogP contribution in [0.4, 0.5) is 11.5 Å². The van der Waals surface area contributed by atoms with Crippen molar-refractivity contribution in [3.63, 3.8) is 0 Å². The Morgan fingerprint density at radius 2 is 1.60 bits per heavy atom. The number of rotatable bonds is 4. The lowest BCUT2D eigenvalue weighted by Gasteiger charge is -2.33. The monoisotopic (exact) mass is 402 g/mol. The molecular weight excluding hydrogens is 372 g/mol. The maximum absolute atomic E-state index is 12.8. The summed E-state index contributed by atoms with van der Waals surface area (Å²) in [6, 6.07) is 14.6. The number of benzene rings is 1. The first kappa shape index (κ1) is 20.2. The number of aromatic nitrogens is 2. The van der Waals surface area contributed by atoms with Crippen LogP contribution in [0.25, 0.3) is 5.69 Å². The first-order chi connectivity index (χ1) is 14.4. The van der Waals surface area contributed by atoms with Crippen LogP contribution in [0.15, 0.2) is 48.7 Å². The molecule has 1 aromatic carbocycles. The van der Waals surface area contributed by atoms with Crippen LogP contribution < -0.4 is 10.2 Å². The van der Waals surface area contributed by atoms with E-state index < -0.39 is 0 Å². The van der Waals surface area contributed by atoms with E-state index in [4.69, 9.17) is 4.98 Å². The summed E-state index contributed by atoms with van der Waals surface area (Å²) < 4.78 is 2.25. The minimum absolute atomic E-state index is 0.0317. The number of anilines is 2. The van der Waals surface area contributed by atoms with Crippen molar-refractivity contribution in [3.8, 4) is 5.69 Å². The lowest BCUT2D eigenvalue weighted by molar-refractivity contribution is -0.120. The Morgan fingerprint density at radius 1 is 0.967 bits per heavy atom. The second-order valence-corrected chi connectivity index (χ2v) is 8.42. The SMILES string of the molecule is Cc1cc(C)cc(NC(=O)C2CCN(c3ncccc3-n3c(C)ccc3C)CC2)c1. The van der Waals surface area contributed by atoms with Gasteiger partial charge < -0.3 is 14.8 Å². The van der Waals surface area contributed by atoms with Gasteiger partial charge in [-0.2, -0.15) is 0 Å². The highest BCUT2D eigenvalue weighted by atomic mass is 16.1. The van der Waals surface area contributed by atoms with Gasteiger partial charge in [-0.15, -0.1) is 0 Å². The van der Waals surface area contributed by atoms with Gasteiger partial charge in [0.2, 0.25) is 5.91 Å². The number of hydrogen-bond donors (Lipinski definition) is 1. The van der Waals surface area contributed by atoms with E-state index in [9.17, 15) is 4.79 Å². The summed E-state index contributed by atoms with van der Waals surface area (Å²) in [5.74, 6) is 1.15. The maximum Gasteiger partial charge on any atom is 0.227 e. The van der Waals surface area contributed by atoms with Crippen LogP contribution in [0, 0.1) is 33.6 Å². The van der Waals surface area contributed by atoms with Gasteiger partial charge in [-0.05, 0) is 88.1 Å². The third-order valence-electron chi connectivity index (χ3n) is 5.93. The summed E-state index contributed by atoms with van der Waals surface area (Å²) in [4.78, 5) is 19.8. The number of amides is 1. The number of pyridine rings is 1. The molecule has 1 amide bonds. The third-order valence-corrected chi connectivity index (χ3v) is 5.93. The Morgan fingerprint density at radius 3 is 2.23 bits per heavy atom. The molecule has 0 saturated carbocycles. The molecule has 3 aromatic rings. The maximum atomic E-state index is 12.8. The van der Waals surface area contributed by atoms with Gasteiger partial charge in [0, 0.05) is 42.3 Å². The minimum atomic E-state index is 0.0317. The Balaban J connectivity index is 1.46. The number of carbonyl (C=O) groups is 1. The highest BCUT2D eigenvalue weighted by molar-refractivity contribution is 5.93. The zero-order valence-corrected chi connectivity index (χ0v) is 18.3. The lowest BCUT2D eigenvalue weighted by atomic mass is 9.95. The van der Waals surface area contributed by atoms with Gasteiger partial charge in [0.25, 0.3) is 0 Å². The quantitative estimate of drug-likeness (QED) is 0.671. The Labute approximate surface area is 178 Å². The molecule has 1 saturated heterocycles. The summed E-state index contributed by atoms with van der Waals surface area (Å²) in [5, 5.41) is 3.12. The van der Waals surface area contributed by atoms with Crippen molar-refractivity contribution in [1.82, 2.24) is 9.55 Å². The standard InChI is InChI=1S/C25H30N4O/c1-17-14-18(2)16-22(15-17)27-25(30)21-9-12-28(13-10-21)24-23(6-5-11-26-24)29-19(3)7-8-20(29)4/h5-8,11,14-16,21H,9-10,12-13H2,1-4H3,(H,27,30). The number of aryl methyl sites for hydroxylation is 4. The van der Waals surface area contributed by atoms with Gasteiger partial charge in [0.1, 0.15) is 0 Å². The minimum Gasteiger partial charge on any atom is -0.355 e. The van der Waals surface area contributed by atoms with Crippen LogP contribution >= 0.6 is 0 Å². The molecule has 3 heterocycles. The lowest BCUT2D eigenvalue weighted by Crippen LogP contribution is -2.39. The molecule has 0 bridgehead atoms. The normalized spacial score (nSPS) is 14.7. The molecule has 156 valence electrons. The summed E-state index contributed by atoms with van der Waals surface area (Å²) in [7, 11) is 0. The first-order valence-electron chi connectivity index (χ1n) is 10.7. The molecule has 0 spiro atoms. The third kappa shape index (κ3) is 4.11. The van der Waals surface area contributed by atoms with E-state index in [1.807, 2.05) is 24.4 Å². The van der Waals surface area contributed by atoms with Gasteiger partial charge >= 0.3 is 0 Å². The predicted octanol–water partition coefficient (Wildman–Crippen LogP) is 4.96. The van der Waals surface area contributed by atoms with E-state index in [0.29, 0.717) is 0 Å². The average Bonchev–Trinajstić information content (AvgIpc) is 3.05. The molecule has 1 N–H and O–H groups in total. The summed E-state index contributed by atoms with van der Waals surface area (Å²) in [5.41, 5.74) is 6.73. The van der Waals surface area contributed by atoms with Gasteiger partial charge in [-0.1, -0.05) is 6.07 Å². The van der Waals surface area contributed by atoms with Crippen molar-refractivity contribution in [2.75, 3.05) is 23.3 Å². The van der Waals surface area contributed by atoms with E-state index in [-0.39, 0.29) is 11.8 Å². The van der Waals surface area contributed by atoms with E-state index >= 15 is 0 Å². The van der Waals surface area contributed by atoms with Crippen LogP contribution in [-0.4, -0.2) is 28.5 Å². The predicted molar refractivity (Wildman–Crippen MR) is 123 cm³/mol. The molecular formula is C25H30N4O. The zero-order valence-electron chi connectivity index (χ0n) is 18.3. The van der Waals surface area contributed by atoms with E-state index in [2.05, 4.69) is 66.7 Å². The van der Waals surface area contributed by atoms with Crippen LogP contribution in [0.1, 0.15) is 35.4 Å². The van der Waals surface area contributed by atoms with Crippen molar-refractivity contribution in [2.24, 2.45) is 5.92 Å². The Bertz CT molecular complexity index is 1020. The van der Waals surface area contributed by atoms with Crippen LogP contribution in [0.3, 0.4) is 0 Å². The molecule has 1 aliphatic heterocycles. The van der Waals surface area contributed by atoms with E-state index in [1.165, 1.54) is 22.5 Å². The largest absolute Gasteiger partial charge is 0.355 e. The van der Waals surface area contributed by atoms with Crippen molar-refractivity contribution >= 4 is 17.4 Å². The number of hydrogen-bond acceptors (Lipinski definition) is 3. The number of nitrogens with zero attached hydrogens (tertiary/aromatic N) is 3. The molecule has 0 atom stereocenters. The number of carbonyl (C=O) groups excluding carboxylic acids is 1.